The summed E-state index contributed by atoms with van der Waals surface area (Å²) in [4.78, 5) is 26.3. The van der Waals surface area contributed by atoms with Crippen molar-refractivity contribution in [1.82, 2.24) is 10.3 Å². The van der Waals surface area contributed by atoms with Crippen LogP contribution in [0.5, 0.6) is 0 Å². The predicted octanol–water partition coefficient (Wildman–Crippen LogP) is 2.64. The molecule has 0 saturated heterocycles. The standard InChI is InChI=1S/C18H22N4O4S/c1-3-18(2)7-12-13(10-26-18)27-16-15(12)17(24)22(21-20-16)9-14(23)19-8-11-5-4-6-25-11/h4-6,15-16H,3,7-10H2,1-2H3,(H,19,23)/t15-,16+,18-/m1/s1. The summed E-state index contributed by atoms with van der Waals surface area (Å²) in [6.45, 7) is 4.80. The second kappa shape index (κ2) is 7.12. The number of nitrogens with zero attached hydrogens (tertiary/aromatic N) is 3. The van der Waals surface area contributed by atoms with Crippen LogP contribution in [0, 0.1) is 5.92 Å². The normalized spacial score (nSPS) is 29.7. The molecule has 3 aliphatic heterocycles. The van der Waals surface area contributed by atoms with Gasteiger partial charge < -0.3 is 14.5 Å². The number of amides is 2. The summed E-state index contributed by atoms with van der Waals surface area (Å²) >= 11 is 1.56. The number of fused-ring (bicyclic) bond motifs is 2. The van der Waals surface area contributed by atoms with Gasteiger partial charge in [0.1, 0.15) is 17.7 Å². The maximum absolute atomic E-state index is 13.0. The van der Waals surface area contributed by atoms with E-state index in [1.165, 1.54) is 5.01 Å². The zero-order valence-corrected chi connectivity index (χ0v) is 16.1. The summed E-state index contributed by atoms with van der Waals surface area (Å²) in [7, 11) is 0. The SMILES string of the molecule is CC[C@]1(C)CC2=C(CO1)S[C@@H]1N=NN(CC(=O)NCc3ccco3)C(=O)[C@H]21. The molecule has 1 aromatic heterocycles. The monoisotopic (exact) mass is 390 g/mol. The summed E-state index contributed by atoms with van der Waals surface area (Å²) in [5.74, 6) is -0.170. The number of nitrogens with one attached hydrogen (secondary N) is 1. The van der Waals surface area contributed by atoms with Gasteiger partial charge in [0.25, 0.3) is 5.91 Å². The molecular weight excluding hydrogens is 368 g/mol. The molecule has 1 N–H and O–H groups in total. The highest BCUT2D eigenvalue weighted by molar-refractivity contribution is 8.04. The minimum Gasteiger partial charge on any atom is -0.467 e. The molecule has 4 heterocycles. The van der Waals surface area contributed by atoms with Gasteiger partial charge in [-0.05, 0) is 37.5 Å². The lowest BCUT2D eigenvalue weighted by Crippen LogP contribution is -2.45. The Hall–Kier alpha value is -2.13. The molecule has 0 aliphatic carbocycles. The Morgan fingerprint density at radius 1 is 1.52 bits per heavy atom. The highest BCUT2D eigenvalue weighted by Crippen LogP contribution is 2.51. The Bertz CT molecular complexity index is 806. The summed E-state index contributed by atoms with van der Waals surface area (Å²) in [5.41, 5.74) is 0.847. The van der Waals surface area contributed by atoms with E-state index in [0.717, 1.165) is 16.9 Å². The number of hydrogen-bond donors (Lipinski definition) is 1. The number of thioether (sulfide) groups is 1. The van der Waals surface area contributed by atoms with E-state index in [1.807, 2.05) is 0 Å². The van der Waals surface area contributed by atoms with Gasteiger partial charge in [0.2, 0.25) is 5.91 Å². The molecule has 3 atom stereocenters. The zero-order chi connectivity index (χ0) is 19.0. The summed E-state index contributed by atoms with van der Waals surface area (Å²) < 4.78 is 11.2. The van der Waals surface area contributed by atoms with E-state index in [-0.39, 0.29) is 41.8 Å². The number of ether oxygens (including phenoxy) is 1. The summed E-state index contributed by atoms with van der Waals surface area (Å²) in [6.07, 6.45) is 3.14. The van der Waals surface area contributed by atoms with Gasteiger partial charge in [-0.25, -0.2) is 5.01 Å². The molecule has 0 spiro atoms. The summed E-state index contributed by atoms with van der Waals surface area (Å²) in [5, 5.41) is 11.9. The second-order valence-electron chi connectivity index (χ2n) is 7.16. The molecule has 0 radical (unpaired) electrons. The molecule has 9 heteroatoms. The molecule has 144 valence electrons. The third kappa shape index (κ3) is 3.53. The molecular formula is C18H22N4O4S. The van der Waals surface area contributed by atoms with Crippen LogP contribution in [0.15, 0.2) is 43.6 Å². The van der Waals surface area contributed by atoms with Crippen LogP contribution in [0.25, 0.3) is 0 Å². The first-order valence-corrected chi connectivity index (χ1v) is 9.91. The van der Waals surface area contributed by atoms with E-state index in [9.17, 15) is 9.59 Å². The zero-order valence-electron chi connectivity index (χ0n) is 15.3. The molecule has 1 aromatic rings. The Balaban J connectivity index is 1.42. The molecule has 2 amide bonds. The van der Waals surface area contributed by atoms with Crippen molar-refractivity contribution in [2.24, 2.45) is 16.3 Å². The van der Waals surface area contributed by atoms with Crippen molar-refractivity contribution in [3.63, 3.8) is 0 Å². The first-order valence-electron chi connectivity index (χ1n) is 9.03. The van der Waals surface area contributed by atoms with E-state index in [4.69, 9.17) is 9.15 Å². The third-order valence-electron chi connectivity index (χ3n) is 5.27. The minimum absolute atomic E-state index is 0.152. The average molecular weight is 390 g/mol. The highest BCUT2D eigenvalue weighted by atomic mass is 32.2. The van der Waals surface area contributed by atoms with E-state index in [1.54, 1.807) is 30.2 Å². The molecule has 0 unspecified atom stereocenters. The molecule has 4 rings (SSSR count). The van der Waals surface area contributed by atoms with Gasteiger partial charge in [-0.3, -0.25) is 9.59 Å². The first kappa shape index (κ1) is 18.2. The van der Waals surface area contributed by atoms with E-state index < -0.39 is 0 Å². The number of hydrogen-bond acceptors (Lipinski definition) is 7. The molecule has 0 saturated carbocycles. The second-order valence-corrected chi connectivity index (χ2v) is 8.37. The Morgan fingerprint density at radius 2 is 2.37 bits per heavy atom. The van der Waals surface area contributed by atoms with Crippen LogP contribution in [0.1, 0.15) is 32.4 Å². The van der Waals surface area contributed by atoms with Gasteiger partial charge >= 0.3 is 0 Å². The lowest BCUT2D eigenvalue weighted by atomic mass is 9.84. The van der Waals surface area contributed by atoms with Crippen LogP contribution in [0.2, 0.25) is 0 Å². The quantitative estimate of drug-likeness (QED) is 0.834. The lowest BCUT2D eigenvalue weighted by molar-refractivity contribution is -0.141. The third-order valence-corrected chi connectivity index (χ3v) is 6.55. The van der Waals surface area contributed by atoms with Crippen LogP contribution in [0.4, 0.5) is 0 Å². The molecule has 3 aliphatic rings. The van der Waals surface area contributed by atoms with E-state index in [0.29, 0.717) is 18.8 Å². The van der Waals surface area contributed by atoms with Gasteiger partial charge in [-0.15, -0.1) is 0 Å². The Labute approximate surface area is 161 Å². The van der Waals surface area contributed by atoms with Gasteiger partial charge in [0.15, 0.2) is 0 Å². The fraction of sp³-hybridized carbons (Fsp3) is 0.556. The van der Waals surface area contributed by atoms with Crippen molar-refractivity contribution >= 4 is 23.6 Å². The molecule has 0 aromatic carbocycles. The fourth-order valence-electron chi connectivity index (χ4n) is 3.47. The van der Waals surface area contributed by atoms with Crippen LogP contribution in [-0.4, -0.2) is 40.9 Å². The number of furan rings is 1. The average Bonchev–Trinajstić information content (AvgIpc) is 3.30. The molecule has 8 nitrogen and oxygen atoms in total. The predicted molar refractivity (Wildman–Crippen MR) is 98.3 cm³/mol. The van der Waals surface area contributed by atoms with Crippen molar-refractivity contribution in [3.8, 4) is 0 Å². The van der Waals surface area contributed by atoms with Crippen molar-refractivity contribution in [1.29, 1.82) is 0 Å². The van der Waals surface area contributed by atoms with Gasteiger partial charge in [0.05, 0.1) is 30.9 Å². The Kier molecular flexibility index (Phi) is 4.81. The molecule has 0 bridgehead atoms. The topological polar surface area (TPSA) is 96.5 Å². The highest BCUT2D eigenvalue weighted by Gasteiger charge is 2.49. The van der Waals surface area contributed by atoms with Crippen LogP contribution in [-0.2, 0) is 20.9 Å². The minimum atomic E-state index is -0.352. The van der Waals surface area contributed by atoms with Crippen LogP contribution >= 0.6 is 11.8 Å². The fourth-order valence-corrected chi connectivity index (χ4v) is 4.75. The molecule has 27 heavy (non-hydrogen) atoms. The Morgan fingerprint density at radius 3 is 3.11 bits per heavy atom. The maximum atomic E-state index is 13.0. The lowest BCUT2D eigenvalue weighted by Gasteiger charge is -2.35. The maximum Gasteiger partial charge on any atom is 0.254 e. The number of carbonyl (C=O) groups excluding carboxylic acids is 2. The van der Waals surface area contributed by atoms with Crippen molar-refractivity contribution in [2.45, 2.75) is 44.2 Å². The van der Waals surface area contributed by atoms with Gasteiger partial charge in [-0.1, -0.05) is 23.9 Å². The largest absolute Gasteiger partial charge is 0.467 e. The first-order chi connectivity index (χ1) is 13.0. The van der Waals surface area contributed by atoms with Crippen molar-refractivity contribution in [3.05, 3.63) is 34.6 Å². The number of rotatable bonds is 5. The van der Waals surface area contributed by atoms with E-state index >= 15 is 0 Å². The van der Waals surface area contributed by atoms with Crippen molar-refractivity contribution in [2.75, 3.05) is 13.2 Å². The van der Waals surface area contributed by atoms with Crippen LogP contribution < -0.4 is 5.32 Å². The van der Waals surface area contributed by atoms with Gasteiger partial charge in [-0.2, -0.15) is 5.11 Å². The van der Waals surface area contributed by atoms with E-state index in [2.05, 4.69) is 29.5 Å². The number of carbonyl (C=O) groups is 2. The molecule has 0 fully saturated rings. The van der Waals surface area contributed by atoms with Crippen LogP contribution in [0.3, 0.4) is 0 Å². The smallest absolute Gasteiger partial charge is 0.254 e. The van der Waals surface area contributed by atoms with Crippen molar-refractivity contribution < 1.29 is 18.7 Å². The van der Waals surface area contributed by atoms with Gasteiger partial charge in [0, 0.05) is 4.91 Å². The summed E-state index contributed by atoms with van der Waals surface area (Å²) in [6, 6.07) is 3.53.